The Morgan fingerprint density at radius 3 is 1.50 bits per heavy atom. The van der Waals surface area contributed by atoms with Crippen molar-refractivity contribution in [3.05, 3.63) is 132 Å². The summed E-state index contributed by atoms with van der Waals surface area (Å²) in [4.78, 5) is 0. The van der Waals surface area contributed by atoms with Gasteiger partial charge in [0.2, 0.25) is 0 Å². The Morgan fingerprint density at radius 1 is 0.636 bits per heavy atom. The number of rotatable bonds is 12. The molecular formula is C37H44O6Si. The zero-order chi connectivity index (χ0) is 31.0. The molecule has 0 spiro atoms. The normalized spacial score (nSPS) is 22.5. The zero-order valence-electron chi connectivity index (χ0n) is 26.0. The summed E-state index contributed by atoms with van der Waals surface area (Å²) in [5, 5.41) is 13.5. The van der Waals surface area contributed by atoms with Crippen LogP contribution in [0.1, 0.15) is 31.9 Å². The van der Waals surface area contributed by atoms with Crippen LogP contribution in [0.25, 0.3) is 0 Å². The molecule has 5 atom stereocenters. The Balaban J connectivity index is 1.44. The van der Waals surface area contributed by atoms with Crippen LogP contribution in [-0.2, 0) is 36.6 Å². The molecule has 1 N–H and O–H groups in total. The van der Waals surface area contributed by atoms with Crippen LogP contribution < -0.4 is 10.4 Å². The Bertz CT molecular complexity index is 1360. The van der Waals surface area contributed by atoms with Crippen molar-refractivity contribution in [1.29, 1.82) is 0 Å². The van der Waals surface area contributed by atoms with E-state index in [0.717, 1.165) is 11.1 Å². The molecule has 0 aliphatic carbocycles. The van der Waals surface area contributed by atoms with E-state index >= 15 is 0 Å². The fraction of sp³-hybridized carbons (Fsp3) is 0.351. The fourth-order valence-electron chi connectivity index (χ4n) is 6.18. The van der Waals surface area contributed by atoms with Crippen LogP contribution >= 0.6 is 0 Å². The van der Waals surface area contributed by atoms with Gasteiger partial charge in [-0.1, -0.05) is 142 Å². The molecule has 0 radical (unpaired) electrons. The quantitative estimate of drug-likeness (QED) is 0.214. The first kappa shape index (κ1) is 32.3. The van der Waals surface area contributed by atoms with Crippen LogP contribution in [-0.4, -0.2) is 57.8 Å². The first-order chi connectivity index (χ1) is 21.3. The van der Waals surface area contributed by atoms with Crippen LogP contribution in [0.2, 0.25) is 5.04 Å². The van der Waals surface area contributed by atoms with E-state index in [4.69, 9.17) is 23.4 Å². The molecule has 7 heteroatoms. The molecule has 4 aromatic carbocycles. The van der Waals surface area contributed by atoms with E-state index < -0.39 is 39.0 Å². The standard InChI is InChI=1S/C37H44O6Si/c1-37(2,3)44(30-21-13-7-14-22-30,31-23-15-8-16-24-31)42-27-32-33(39-4)34(40-25-28-17-9-5-10-18-28)35(36(38)43-32)41-26-29-19-11-6-12-20-29/h5-24,32-36,38H,25-27H2,1-4H3/t32-,33-,34+,35-,36+/m1/s1. The SMILES string of the molecule is CO[C@H]1[C@H](OCc2ccccc2)[C@@H](OCc2ccccc2)[C@@H](O)O[C@@H]1CO[Si](c1ccccc1)(c1ccccc1)C(C)(C)C. The van der Waals surface area contributed by atoms with E-state index in [1.54, 1.807) is 7.11 Å². The van der Waals surface area contributed by atoms with Gasteiger partial charge in [-0.15, -0.1) is 0 Å². The maximum Gasteiger partial charge on any atom is 0.261 e. The van der Waals surface area contributed by atoms with Crippen molar-refractivity contribution in [3.63, 3.8) is 0 Å². The van der Waals surface area contributed by atoms with Gasteiger partial charge in [0.25, 0.3) is 8.32 Å². The summed E-state index contributed by atoms with van der Waals surface area (Å²) < 4.78 is 32.4. The molecule has 6 nitrogen and oxygen atoms in total. The lowest BCUT2D eigenvalue weighted by Crippen LogP contribution is -2.68. The van der Waals surface area contributed by atoms with Crippen molar-refractivity contribution in [2.24, 2.45) is 0 Å². The molecule has 1 aliphatic rings. The lowest BCUT2D eigenvalue weighted by molar-refractivity contribution is -0.310. The van der Waals surface area contributed by atoms with Gasteiger partial charge in [0.1, 0.15) is 24.4 Å². The maximum absolute atomic E-state index is 11.4. The van der Waals surface area contributed by atoms with Gasteiger partial charge in [0.15, 0.2) is 6.29 Å². The summed E-state index contributed by atoms with van der Waals surface area (Å²) in [5.74, 6) is 0. The van der Waals surface area contributed by atoms with Crippen LogP contribution in [0.5, 0.6) is 0 Å². The molecule has 44 heavy (non-hydrogen) atoms. The molecule has 0 aromatic heterocycles. The minimum Gasteiger partial charge on any atom is -0.405 e. The fourth-order valence-corrected chi connectivity index (χ4v) is 10.8. The Hall–Kier alpha value is -3.14. The van der Waals surface area contributed by atoms with Crippen LogP contribution in [0, 0.1) is 0 Å². The Kier molecular flexibility index (Phi) is 10.8. The number of methoxy groups -OCH3 is 1. The van der Waals surface area contributed by atoms with Gasteiger partial charge in [0.05, 0.1) is 19.8 Å². The van der Waals surface area contributed by atoms with Crippen LogP contribution in [0.15, 0.2) is 121 Å². The molecule has 0 saturated carbocycles. The average Bonchev–Trinajstić information content (AvgIpc) is 3.05. The van der Waals surface area contributed by atoms with E-state index in [0.29, 0.717) is 13.2 Å². The average molecular weight is 613 g/mol. The molecule has 0 amide bonds. The molecule has 5 rings (SSSR count). The second-order valence-corrected chi connectivity index (χ2v) is 16.6. The van der Waals surface area contributed by atoms with E-state index in [2.05, 4.69) is 69.3 Å². The highest BCUT2D eigenvalue weighted by molar-refractivity contribution is 6.99. The number of benzene rings is 4. The number of aliphatic hydroxyl groups excluding tert-OH is 1. The van der Waals surface area contributed by atoms with Crippen molar-refractivity contribution < 1.29 is 28.5 Å². The molecule has 1 saturated heterocycles. The molecule has 0 unspecified atom stereocenters. The van der Waals surface area contributed by atoms with Gasteiger partial charge in [-0.3, -0.25) is 0 Å². The highest BCUT2D eigenvalue weighted by Crippen LogP contribution is 2.38. The summed E-state index contributed by atoms with van der Waals surface area (Å²) in [6, 6.07) is 40.8. The van der Waals surface area contributed by atoms with Gasteiger partial charge >= 0.3 is 0 Å². The van der Waals surface area contributed by atoms with Crippen LogP contribution in [0.4, 0.5) is 0 Å². The van der Waals surface area contributed by atoms with Crippen molar-refractivity contribution in [1.82, 2.24) is 0 Å². The largest absolute Gasteiger partial charge is 0.405 e. The van der Waals surface area contributed by atoms with Gasteiger partial charge in [-0.05, 0) is 26.5 Å². The summed E-state index contributed by atoms with van der Waals surface area (Å²) in [6.07, 6.45) is -3.78. The lowest BCUT2D eigenvalue weighted by atomic mass is 9.98. The smallest absolute Gasteiger partial charge is 0.261 e. The van der Waals surface area contributed by atoms with Crippen molar-refractivity contribution in [2.75, 3.05) is 13.7 Å². The number of hydrogen-bond acceptors (Lipinski definition) is 6. The zero-order valence-corrected chi connectivity index (χ0v) is 27.0. The number of ether oxygens (including phenoxy) is 4. The van der Waals surface area contributed by atoms with E-state index in [9.17, 15) is 5.11 Å². The number of aliphatic hydroxyl groups is 1. The molecule has 1 fully saturated rings. The Labute approximate surface area is 262 Å². The van der Waals surface area contributed by atoms with Crippen LogP contribution in [0.3, 0.4) is 0 Å². The van der Waals surface area contributed by atoms with Crippen molar-refractivity contribution in [3.8, 4) is 0 Å². The van der Waals surface area contributed by atoms with Gasteiger partial charge in [0, 0.05) is 7.11 Å². The van der Waals surface area contributed by atoms with Crippen molar-refractivity contribution in [2.45, 2.75) is 69.7 Å². The highest BCUT2D eigenvalue weighted by atomic mass is 28.4. The third-order valence-corrected chi connectivity index (χ3v) is 13.3. The Morgan fingerprint density at radius 2 is 1.07 bits per heavy atom. The van der Waals surface area contributed by atoms with Crippen molar-refractivity contribution >= 4 is 18.7 Å². The second kappa shape index (κ2) is 14.8. The first-order valence-corrected chi connectivity index (χ1v) is 17.2. The molecule has 1 aliphatic heterocycles. The van der Waals surface area contributed by atoms with Gasteiger partial charge in [-0.2, -0.15) is 0 Å². The summed E-state index contributed by atoms with van der Waals surface area (Å²) >= 11 is 0. The summed E-state index contributed by atoms with van der Waals surface area (Å²) in [6.45, 7) is 7.57. The predicted molar refractivity (Wildman–Crippen MR) is 175 cm³/mol. The molecule has 1 heterocycles. The minimum absolute atomic E-state index is 0.208. The summed E-state index contributed by atoms with van der Waals surface area (Å²) in [7, 11) is -1.21. The third-order valence-electron chi connectivity index (χ3n) is 8.33. The van der Waals surface area contributed by atoms with E-state index in [1.165, 1.54) is 10.4 Å². The summed E-state index contributed by atoms with van der Waals surface area (Å²) in [5.41, 5.74) is 2.01. The van der Waals surface area contributed by atoms with E-state index in [-0.39, 0.29) is 11.6 Å². The van der Waals surface area contributed by atoms with E-state index in [1.807, 2.05) is 72.8 Å². The second-order valence-electron chi connectivity index (χ2n) is 12.3. The molecule has 232 valence electrons. The lowest BCUT2D eigenvalue weighted by Gasteiger charge is -2.47. The van der Waals surface area contributed by atoms with Gasteiger partial charge < -0.3 is 28.5 Å². The highest BCUT2D eigenvalue weighted by Gasteiger charge is 2.53. The number of hydrogen-bond donors (Lipinski definition) is 1. The monoisotopic (exact) mass is 612 g/mol. The third kappa shape index (κ3) is 7.21. The predicted octanol–water partition coefficient (Wildman–Crippen LogP) is 5.47. The topological polar surface area (TPSA) is 66.4 Å². The van der Waals surface area contributed by atoms with Gasteiger partial charge in [-0.25, -0.2) is 0 Å². The maximum atomic E-state index is 11.4. The molecule has 0 bridgehead atoms. The molecule has 4 aromatic rings. The first-order valence-electron chi connectivity index (χ1n) is 15.3. The molecular weight excluding hydrogens is 568 g/mol. The minimum atomic E-state index is -2.86.